The molecule has 0 heterocycles. The van der Waals surface area contributed by atoms with Crippen molar-refractivity contribution in [2.45, 2.75) is 81.3 Å². The van der Waals surface area contributed by atoms with Crippen molar-refractivity contribution < 1.29 is 45.4 Å². The van der Waals surface area contributed by atoms with E-state index in [9.17, 15) is 31.5 Å². The minimum atomic E-state index is -6.02. The fourth-order valence-corrected chi connectivity index (χ4v) is 5.90. The maximum Gasteiger partial charge on any atom is 0.456 e. The first kappa shape index (κ1) is 29.0. The Kier molecular flexibility index (Phi) is 8.61. The molecule has 0 amide bonds. The molecule has 0 unspecified atom stereocenters. The maximum absolute atomic E-state index is 16.5. The molecule has 0 bridgehead atoms. The molecular formula is C29H30F6O4. The highest BCUT2D eigenvalue weighted by atomic mass is 19.4. The zero-order valence-electron chi connectivity index (χ0n) is 21.1. The fraction of sp³-hybridized carbons (Fsp3) is 0.517. The Balaban J connectivity index is 1.43. The van der Waals surface area contributed by atoms with Gasteiger partial charge in [-0.05, 0) is 112 Å². The van der Waals surface area contributed by atoms with Crippen LogP contribution in [0, 0.1) is 11.8 Å². The molecule has 2 fully saturated rings. The van der Waals surface area contributed by atoms with Crippen molar-refractivity contribution in [3.8, 4) is 11.5 Å². The largest absolute Gasteiger partial charge is 0.490 e. The van der Waals surface area contributed by atoms with Crippen LogP contribution in [0.4, 0.5) is 26.3 Å². The van der Waals surface area contributed by atoms with Crippen LogP contribution in [-0.4, -0.2) is 42.5 Å². The van der Waals surface area contributed by atoms with Crippen LogP contribution >= 0.6 is 0 Å². The minimum absolute atomic E-state index is 0.134. The van der Waals surface area contributed by atoms with E-state index >= 15 is 4.39 Å². The van der Waals surface area contributed by atoms with Crippen molar-refractivity contribution in [1.82, 2.24) is 0 Å². The number of carbonyl (C=O) groups is 2. The lowest BCUT2D eigenvalue weighted by Crippen LogP contribution is -2.63. The molecule has 4 nitrogen and oxygen atoms in total. The van der Waals surface area contributed by atoms with E-state index in [1.54, 1.807) is 48.5 Å². The van der Waals surface area contributed by atoms with Gasteiger partial charge in [0.2, 0.25) is 0 Å². The summed E-state index contributed by atoms with van der Waals surface area (Å²) in [6, 6.07) is 12.5. The molecule has 0 N–H and O–H groups in total. The van der Waals surface area contributed by atoms with Crippen molar-refractivity contribution in [2.24, 2.45) is 11.8 Å². The highest BCUT2D eigenvalue weighted by Crippen LogP contribution is 2.58. The molecular weight excluding hydrogens is 526 g/mol. The summed E-state index contributed by atoms with van der Waals surface area (Å²) >= 11 is 0. The van der Waals surface area contributed by atoms with Gasteiger partial charge in [-0.2, -0.15) is 22.0 Å². The summed E-state index contributed by atoms with van der Waals surface area (Å²) in [4.78, 5) is 21.6. The Morgan fingerprint density at radius 1 is 0.564 bits per heavy atom. The lowest BCUT2D eigenvalue weighted by atomic mass is 9.64. The Labute approximate surface area is 222 Å². The SMILES string of the molecule is O=Cc1ccc(OC2CCC(C(F)(C3CCC(Oc4ccc(C=O)cc4)CC3)C(F)(F)C(F)(F)F)CC2)cc1. The van der Waals surface area contributed by atoms with Gasteiger partial charge in [0.1, 0.15) is 24.1 Å². The molecule has 0 spiro atoms. The number of benzene rings is 2. The number of alkyl halides is 6. The van der Waals surface area contributed by atoms with Gasteiger partial charge in [-0.1, -0.05) is 0 Å². The number of hydrogen-bond donors (Lipinski definition) is 0. The van der Waals surface area contributed by atoms with E-state index in [0.29, 0.717) is 35.2 Å². The minimum Gasteiger partial charge on any atom is -0.490 e. The topological polar surface area (TPSA) is 52.6 Å². The third kappa shape index (κ3) is 6.09. The molecule has 2 aliphatic rings. The summed E-state index contributed by atoms with van der Waals surface area (Å²) in [6.07, 6.45) is -5.74. The summed E-state index contributed by atoms with van der Waals surface area (Å²) in [5.41, 5.74) is -2.87. The van der Waals surface area contributed by atoms with E-state index in [4.69, 9.17) is 9.47 Å². The zero-order valence-corrected chi connectivity index (χ0v) is 21.1. The second-order valence-corrected chi connectivity index (χ2v) is 10.4. The molecule has 0 saturated heterocycles. The maximum atomic E-state index is 16.5. The first-order chi connectivity index (χ1) is 18.5. The van der Waals surface area contributed by atoms with Crippen LogP contribution in [0.15, 0.2) is 48.5 Å². The number of halogens is 6. The van der Waals surface area contributed by atoms with Gasteiger partial charge in [0.05, 0.1) is 12.2 Å². The van der Waals surface area contributed by atoms with Gasteiger partial charge in [0.25, 0.3) is 0 Å². The van der Waals surface area contributed by atoms with Crippen LogP contribution in [0.2, 0.25) is 0 Å². The third-order valence-electron chi connectivity index (χ3n) is 8.01. The van der Waals surface area contributed by atoms with Crippen molar-refractivity contribution in [1.29, 1.82) is 0 Å². The lowest BCUT2D eigenvalue weighted by Gasteiger charge is -2.48. The van der Waals surface area contributed by atoms with E-state index in [2.05, 4.69) is 0 Å². The average molecular weight is 557 g/mol. The number of aldehydes is 2. The van der Waals surface area contributed by atoms with Gasteiger partial charge in [-0.25, -0.2) is 4.39 Å². The van der Waals surface area contributed by atoms with Crippen molar-refractivity contribution in [2.75, 3.05) is 0 Å². The summed E-state index contributed by atoms with van der Waals surface area (Å²) in [6.45, 7) is 0. The Bertz CT molecular complexity index is 1030. The number of ether oxygens (including phenoxy) is 2. The monoisotopic (exact) mass is 556 g/mol. The molecule has 0 aromatic heterocycles. The molecule has 2 aromatic rings. The number of hydrogen-bond acceptors (Lipinski definition) is 4. The van der Waals surface area contributed by atoms with E-state index in [-0.39, 0.29) is 51.4 Å². The van der Waals surface area contributed by atoms with Crippen molar-refractivity contribution in [3.63, 3.8) is 0 Å². The van der Waals surface area contributed by atoms with Crippen LogP contribution in [-0.2, 0) is 0 Å². The van der Waals surface area contributed by atoms with Crippen LogP contribution in [0.25, 0.3) is 0 Å². The molecule has 39 heavy (non-hydrogen) atoms. The lowest BCUT2D eigenvalue weighted by molar-refractivity contribution is -0.349. The standard InChI is InChI=1S/C29H30F6O4/c30-27(28(31,32)29(33,34)35,21-5-13-25(14-6-21)38-23-9-1-19(17-36)2-10-23)22-7-15-26(16-8-22)39-24-11-3-20(18-37)4-12-24/h1-4,9-12,17-18,21-22,25-26H,5-8,13-16H2. The summed E-state index contributed by atoms with van der Waals surface area (Å²) in [7, 11) is 0. The van der Waals surface area contributed by atoms with Gasteiger partial charge < -0.3 is 9.47 Å². The zero-order chi connectivity index (χ0) is 28.3. The predicted molar refractivity (Wildman–Crippen MR) is 131 cm³/mol. The van der Waals surface area contributed by atoms with Gasteiger partial charge in [-0.3, -0.25) is 9.59 Å². The summed E-state index contributed by atoms with van der Waals surface area (Å²) in [5, 5.41) is 0. The van der Waals surface area contributed by atoms with E-state index in [1.807, 2.05) is 0 Å². The molecule has 0 aliphatic heterocycles. The van der Waals surface area contributed by atoms with E-state index < -0.39 is 41.8 Å². The normalized spacial score (nSPS) is 25.8. The highest BCUT2D eigenvalue weighted by Gasteiger charge is 2.75. The van der Waals surface area contributed by atoms with Crippen LogP contribution in [0.1, 0.15) is 72.1 Å². The molecule has 2 saturated carbocycles. The average Bonchev–Trinajstić information content (AvgIpc) is 2.93. The molecule has 0 radical (unpaired) electrons. The number of carbonyl (C=O) groups excluding carboxylic acids is 2. The van der Waals surface area contributed by atoms with E-state index in [1.165, 1.54) is 0 Å². The van der Waals surface area contributed by atoms with Gasteiger partial charge in [0, 0.05) is 11.1 Å². The van der Waals surface area contributed by atoms with Crippen LogP contribution in [0.3, 0.4) is 0 Å². The number of rotatable bonds is 9. The molecule has 2 aromatic carbocycles. The second-order valence-electron chi connectivity index (χ2n) is 10.4. The van der Waals surface area contributed by atoms with Crippen molar-refractivity contribution in [3.05, 3.63) is 59.7 Å². The summed E-state index contributed by atoms with van der Waals surface area (Å²) < 4.78 is 98.8. The Morgan fingerprint density at radius 3 is 1.18 bits per heavy atom. The highest BCUT2D eigenvalue weighted by molar-refractivity contribution is 5.75. The molecule has 212 valence electrons. The van der Waals surface area contributed by atoms with Crippen LogP contribution < -0.4 is 9.47 Å². The fourth-order valence-electron chi connectivity index (χ4n) is 5.90. The van der Waals surface area contributed by atoms with Gasteiger partial charge in [-0.15, -0.1) is 0 Å². The molecule has 0 atom stereocenters. The first-order valence-electron chi connectivity index (χ1n) is 13.0. The summed E-state index contributed by atoms with van der Waals surface area (Å²) in [5.74, 6) is -7.59. The Hall–Kier alpha value is -3.04. The van der Waals surface area contributed by atoms with Gasteiger partial charge >= 0.3 is 12.1 Å². The molecule has 10 heteroatoms. The van der Waals surface area contributed by atoms with Gasteiger partial charge in [0.15, 0.2) is 5.67 Å². The smallest absolute Gasteiger partial charge is 0.456 e. The molecule has 2 aliphatic carbocycles. The quantitative estimate of drug-likeness (QED) is 0.234. The predicted octanol–water partition coefficient (Wildman–Crippen LogP) is 7.79. The van der Waals surface area contributed by atoms with Crippen LogP contribution in [0.5, 0.6) is 11.5 Å². The Morgan fingerprint density at radius 2 is 0.897 bits per heavy atom. The third-order valence-corrected chi connectivity index (χ3v) is 8.01. The second kappa shape index (κ2) is 11.6. The van der Waals surface area contributed by atoms with E-state index in [0.717, 1.165) is 0 Å². The first-order valence-corrected chi connectivity index (χ1v) is 13.0. The van der Waals surface area contributed by atoms with Crippen molar-refractivity contribution >= 4 is 12.6 Å². The molecule has 4 rings (SSSR count).